The molecule has 30 heavy (non-hydrogen) atoms. The summed E-state index contributed by atoms with van der Waals surface area (Å²) in [5.74, 6) is 0.864. The van der Waals surface area contributed by atoms with Crippen LogP contribution in [0.15, 0.2) is 81.6 Å². The maximum atomic E-state index is 13.3. The highest BCUT2D eigenvalue weighted by Gasteiger charge is 2.23. The molecule has 6 heteroatoms. The number of halogens is 1. The van der Waals surface area contributed by atoms with Gasteiger partial charge in [-0.3, -0.25) is 9.20 Å². The monoisotopic (exact) mass is 492 g/mol. The van der Waals surface area contributed by atoms with Gasteiger partial charge in [0.1, 0.15) is 16.0 Å². The Morgan fingerprint density at radius 1 is 1.07 bits per heavy atom. The molecule has 0 aliphatic rings. The zero-order valence-electron chi connectivity index (χ0n) is 16.1. The molecule has 2 aromatic carbocycles. The van der Waals surface area contributed by atoms with Gasteiger partial charge in [-0.1, -0.05) is 64.5 Å². The maximum absolute atomic E-state index is 13.3. The lowest BCUT2D eigenvalue weighted by Gasteiger charge is -2.03. The Morgan fingerprint density at radius 3 is 2.60 bits per heavy atom. The molecule has 0 bridgehead atoms. The van der Waals surface area contributed by atoms with Gasteiger partial charge in [0.2, 0.25) is 5.78 Å². The number of aromatic nitrogens is 2. The smallest absolute Gasteiger partial charge is 0.205 e. The molecule has 0 fully saturated rings. The Hall–Kier alpha value is -2.41. The van der Waals surface area contributed by atoms with E-state index in [9.17, 15) is 4.79 Å². The summed E-state index contributed by atoms with van der Waals surface area (Å²) in [4.78, 5) is 18.9. The number of carbonyl (C=O) groups excluding carboxylic acids is 1. The second kappa shape index (κ2) is 8.02. The number of hydrogen-bond donors (Lipinski definition) is 0. The molecule has 0 N–H and O–H groups in total. The van der Waals surface area contributed by atoms with Gasteiger partial charge in [-0.15, -0.1) is 23.1 Å². The van der Waals surface area contributed by atoms with Crippen LogP contribution in [-0.2, 0) is 5.75 Å². The minimum absolute atomic E-state index is 0.0298. The fraction of sp³-hybridized carbons (Fsp3) is 0.0833. The van der Waals surface area contributed by atoms with E-state index in [-0.39, 0.29) is 5.78 Å². The van der Waals surface area contributed by atoms with Gasteiger partial charge in [-0.2, -0.15) is 0 Å². The number of benzene rings is 2. The van der Waals surface area contributed by atoms with Crippen molar-refractivity contribution < 1.29 is 4.79 Å². The number of fused-ring (bicyclic) bond motifs is 3. The molecule has 0 radical (unpaired) electrons. The predicted octanol–water partition coefficient (Wildman–Crippen LogP) is 7.14. The van der Waals surface area contributed by atoms with E-state index >= 15 is 0 Å². The number of ketones is 1. The fourth-order valence-corrected chi connectivity index (χ4v) is 6.12. The van der Waals surface area contributed by atoms with Crippen molar-refractivity contribution in [2.24, 2.45) is 0 Å². The number of nitrogens with zero attached hydrogens (tertiary/aromatic N) is 2. The molecule has 5 rings (SSSR count). The third-order valence-electron chi connectivity index (χ3n) is 4.97. The van der Waals surface area contributed by atoms with Gasteiger partial charge in [0.05, 0.1) is 9.73 Å². The highest BCUT2D eigenvalue weighted by atomic mass is 79.9. The van der Waals surface area contributed by atoms with E-state index in [1.54, 1.807) is 23.1 Å². The quantitative estimate of drug-likeness (QED) is 0.193. The first-order valence-corrected chi connectivity index (χ1v) is 12.1. The summed E-state index contributed by atoms with van der Waals surface area (Å²) in [6, 6.07) is 21.9. The van der Waals surface area contributed by atoms with E-state index in [2.05, 4.69) is 57.6 Å². The summed E-state index contributed by atoms with van der Waals surface area (Å²) in [5.41, 5.74) is 5.76. The van der Waals surface area contributed by atoms with E-state index in [0.717, 1.165) is 36.7 Å². The molecule has 0 saturated carbocycles. The van der Waals surface area contributed by atoms with Crippen molar-refractivity contribution in [2.75, 3.05) is 0 Å². The largest absolute Gasteiger partial charge is 0.298 e. The Morgan fingerprint density at radius 2 is 1.83 bits per heavy atom. The summed E-state index contributed by atoms with van der Waals surface area (Å²) in [6.45, 7) is 2.05. The van der Waals surface area contributed by atoms with E-state index in [1.807, 2.05) is 42.6 Å². The van der Waals surface area contributed by atoms with Crippen LogP contribution in [0.2, 0.25) is 0 Å². The molecular formula is C24H17BrN2OS2. The lowest BCUT2D eigenvalue weighted by molar-refractivity contribution is 0.104. The molecule has 0 aliphatic heterocycles. The topological polar surface area (TPSA) is 34.4 Å². The number of rotatable bonds is 5. The summed E-state index contributed by atoms with van der Waals surface area (Å²) < 4.78 is 4.31. The maximum Gasteiger partial charge on any atom is 0.205 e. The standard InChI is InChI=1S/C24H17BrN2OS2/c1-15-6-5-13-27-20-19(26-23(15)27)22(21(28)17-7-3-2-4-8-17)30-24(20)29-14-16-9-11-18(25)12-10-16/h2-13H,14H2,1H3. The highest BCUT2D eigenvalue weighted by Crippen LogP contribution is 2.41. The van der Waals surface area contributed by atoms with Crippen molar-refractivity contribution in [2.45, 2.75) is 16.9 Å². The zero-order valence-corrected chi connectivity index (χ0v) is 19.4. The Labute approximate surface area is 190 Å². The molecule has 0 saturated heterocycles. The number of thioether (sulfide) groups is 1. The van der Waals surface area contributed by atoms with E-state index in [4.69, 9.17) is 4.98 Å². The molecule has 0 unspecified atom stereocenters. The zero-order chi connectivity index (χ0) is 20.7. The van der Waals surface area contributed by atoms with Crippen molar-refractivity contribution in [3.63, 3.8) is 0 Å². The van der Waals surface area contributed by atoms with Gasteiger partial charge < -0.3 is 0 Å². The number of pyridine rings is 1. The van der Waals surface area contributed by atoms with Crippen LogP contribution in [0.1, 0.15) is 26.4 Å². The first kappa shape index (κ1) is 19.5. The normalized spacial score (nSPS) is 11.4. The van der Waals surface area contributed by atoms with Crippen LogP contribution in [0.5, 0.6) is 0 Å². The number of imidazole rings is 1. The number of carbonyl (C=O) groups is 1. The SMILES string of the molecule is Cc1cccn2c1nc1c(C(=O)c3ccccc3)sc(SCc3ccc(Br)cc3)c12. The minimum atomic E-state index is 0.0298. The second-order valence-electron chi connectivity index (χ2n) is 7.02. The lowest BCUT2D eigenvalue weighted by atomic mass is 10.1. The molecule has 3 heterocycles. The molecule has 5 aromatic rings. The average Bonchev–Trinajstić information content (AvgIpc) is 3.32. The summed E-state index contributed by atoms with van der Waals surface area (Å²) >= 11 is 6.79. The van der Waals surface area contributed by atoms with Crippen LogP contribution in [0.25, 0.3) is 16.7 Å². The third-order valence-corrected chi connectivity index (χ3v) is 8.00. The van der Waals surface area contributed by atoms with E-state index in [0.29, 0.717) is 10.4 Å². The van der Waals surface area contributed by atoms with Crippen molar-refractivity contribution >= 4 is 61.5 Å². The van der Waals surface area contributed by atoms with E-state index in [1.165, 1.54) is 5.56 Å². The van der Waals surface area contributed by atoms with Gasteiger partial charge in [-0.25, -0.2) is 4.98 Å². The molecule has 3 aromatic heterocycles. The predicted molar refractivity (Wildman–Crippen MR) is 129 cm³/mol. The van der Waals surface area contributed by atoms with Gasteiger partial charge >= 0.3 is 0 Å². The fourth-order valence-electron chi connectivity index (χ4n) is 3.45. The second-order valence-corrected chi connectivity index (χ2v) is 10.2. The first-order valence-electron chi connectivity index (χ1n) is 9.49. The van der Waals surface area contributed by atoms with Gasteiger partial charge in [0, 0.05) is 22.0 Å². The lowest BCUT2D eigenvalue weighted by Crippen LogP contribution is -1.98. The van der Waals surface area contributed by atoms with Gasteiger partial charge in [0.25, 0.3) is 0 Å². The van der Waals surface area contributed by atoms with Crippen LogP contribution in [0.3, 0.4) is 0 Å². The van der Waals surface area contributed by atoms with Gasteiger partial charge in [0.15, 0.2) is 0 Å². The number of aryl methyl sites for hydroxylation is 1. The molecule has 3 nitrogen and oxygen atoms in total. The Balaban J connectivity index is 1.63. The van der Waals surface area contributed by atoms with Crippen LogP contribution in [-0.4, -0.2) is 15.2 Å². The van der Waals surface area contributed by atoms with Crippen molar-refractivity contribution in [3.8, 4) is 0 Å². The summed E-state index contributed by atoms with van der Waals surface area (Å²) in [5, 5.41) is 0. The first-order chi connectivity index (χ1) is 14.6. The summed E-state index contributed by atoms with van der Waals surface area (Å²) in [6.07, 6.45) is 2.03. The van der Waals surface area contributed by atoms with Crippen LogP contribution in [0.4, 0.5) is 0 Å². The van der Waals surface area contributed by atoms with Crippen LogP contribution < -0.4 is 0 Å². The molecule has 0 aliphatic carbocycles. The molecule has 0 amide bonds. The highest BCUT2D eigenvalue weighted by molar-refractivity contribution is 9.10. The number of thiophene rings is 1. The molecule has 0 spiro atoms. The Bertz CT molecular complexity index is 1370. The molecule has 0 atom stereocenters. The van der Waals surface area contributed by atoms with E-state index < -0.39 is 0 Å². The van der Waals surface area contributed by atoms with Crippen molar-refractivity contribution in [3.05, 3.63) is 99.0 Å². The van der Waals surface area contributed by atoms with Crippen LogP contribution in [0, 0.1) is 6.92 Å². The Kier molecular flexibility index (Phi) is 5.23. The minimum Gasteiger partial charge on any atom is -0.298 e. The average molecular weight is 493 g/mol. The summed E-state index contributed by atoms with van der Waals surface area (Å²) in [7, 11) is 0. The van der Waals surface area contributed by atoms with Gasteiger partial charge in [-0.05, 0) is 36.2 Å². The van der Waals surface area contributed by atoms with Crippen molar-refractivity contribution in [1.29, 1.82) is 0 Å². The molecule has 148 valence electrons. The molecular weight excluding hydrogens is 476 g/mol. The number of hydrogen-bond acceptors (Lipinski definition) is 4. The third kappa shape index (κ3) is 3.49. The van der Waals surface area contributed by atoms with Crippen molar-refractivity contribution in [1.82, 2.24) is 9.38 Å². The van der Waals surface area contributed by atoms with Crippen LogP contribution >= 0.6 is 39.0 Å².